The molecule has 36 nitrogen and oxygen atoms in total. The predicted molar refractivity (Wildman–Crippen MR) is 246 cm³/mol. The SMILES string of the molecule is NC[C@H]1O[C@@H]2O[C@H]3[C@H](O)[C@@H](O)[C@@H](O[C@H]4[C@H](O)[C@@H](O)[C@@H](O[C@H]5[C@H](O)[C@@H](O)[C@@H](O[C@H]6[C@H](O)[C@@H](O)[C@@H](O[C@H]7[C@H](O)[C@@H](O)[C@@H](O[C@H]8[C@H](O)[C@@H](O)[C@@H](O[C@H]1[C@H](O)[C@H]2O)O[C@@H]8Cn1ccnc1)O[C@@H]7CO)O[C@@H]6CO)O[C@@H]5CO)O[C@@H]4CO)O[C@@H]3CO. The van der Waals surface area contributed by atoms with Gasteiger partial charge in [-0.25, -0.2) is 4.98 Å². The van der Waals surface area contributed by atoms with Gasteiger partial charge in [0.05, 0.1) is 45.9 Å². The fraction of sp³-hybridized carbons (Fsp3) is 0.933. The van der Waals surface area contributed by atoms with Crippen molar-refractivity contribution in [3.05, 3.63) is 18.7 Å². The molecule has 81 heavy (non-hydrogen) atoms. The first-order chi connectivity index (χ1) is 38.7. The molecule has 35 atom stereocenters. The summed E-state index contributed by atoms with van der Waals surface area (Å²) < 4.78 is 82.9. The van der Waals surface area contributed by atoms with Crippen molar-refractivity contribution >= 4 is 0 Å². The summed E-state index contributed by atoms with van der Waals surface area (Å²) in [5, 5.41) is 212. The third kappa shape index (κ3) is 12.6. The lowest BCUT2D eigenvalue weighted by molar-refractivity contribution is -0.396. The van der Waals surface area contributed by atoms with Gasteiger partial charge in [0.1, 0.15) is 171 Å². The molecule has 21 aliphatic heterocycles. The van der Waals surface area contributed by atoms with Gasteiger partial charge in [-0.3, -0.25) is 0 Å². The lowest BCUT2D eigenvalue weighted by Crippen LogP contribution is -2.68. The minimum absolute atomic E-state index is 0.258. The molecule has 36 heteroatoms. The Morgan fingerprint density at radius 1 is 0.296 bits per heavy atom. The smallest absolute Gasteiger partial charge is 0.187 e. The van der Waals surface area contributed by atoms with Crippen LogP contribution in [0.2, 0.25) is 0 Å². The molecule has 0 aliphatic carbocycles. The van der Waals surface area contributed by atoms with Gasteiger partial charge in [-0.05, 0) is 0 Å². The van der Waals surface area contributed by atoms with Crippen LogP contribution in [-0.4, -0.2) is 361 Å². The van der Waals surface area contributed by atoms with Gasteiger partial charge in [-0.2, -0.15) is 0 Å². The molecule has 21 saturated heterocycles. The molecule has 0 amide bonds. The first-order valence-electron chi connectivity index (χ1n) is 26.1. The van der Waals surface area contributed by atoms with Crippen molar-refractivity contribution in [2.45, 2.75) is 221 Å². The van der Waals surface area contributed by atoms with Crippen LogP contribution in [0.25, 0.3) is 0 Å². The largest absolute Gasteiger partial charge is 0.394 e. The molecule has 21 N–H and O–H groups in total. The Morgan fingerprint density at radius 3 is 0.716 bits per heavy atom. The first-order valence-corrected chi connectivity index (χ1v) is 26.1. The standard InChI is InChI=1S/C45H73N3O33/c46-3-11-32-18(54)25(61)39(68-11)77-34-13(5-49)71-42(28(64)21(34)57)79-36-15(7-51)73-44(30(66)23(36)59)81-38-17(9-53)74-45(31(67)24(38)60)80-37-16(8-52)72-43(29(65)22(37)58)78-35-14(6-50)70-41(27(63)20(35)56)76-33-12(4-48-2-1-47-10-48)69-40(75-32)26(62)19(33)55/h1-2,10-45,49-67H,3-9,46H2/t11-,12-,13-,14-,15-,16-,17-,18-,19-,20-,21-,22-,23-,24-,25-,26-,27-,28-,29-,30-,31-,32-,33-,34-,35-,36-,37-,38-,39-,40-,41-,42-,43-,44-,45-/m1/s1. The van der Waals surface area contributed by atoms with Crippen LogP contribution >= 0.6 is 0 Å². The lowest BCUT2D eigenvalue weighted by Gasteiger charge is -2.50. The number of hydrogen-bond donors (Lipinski definition) is 20. The van der Waals surface area contributed by atoms with E-state index in [2.05, 4.69) is 4.98 Å². The Kier molecular flexibility index (Phi) is 21.0. The van der Waals surface area contributed by atoms with Gasteiger partial charge < -0.3 is 174 Å². The molecule has 0 saturated carbocycles. The fourth-order valence-electron chi connectivity index (χ4n) is 11.1. The molecule has 14 bridgehead atoms. The molecule has 0 unspecified atom stereocenters. The number of rotatable bonds is 8. The maximum atomic E-state index is 11.7. The highest BCUT2D eigenvalue weighted by molar-refractivity contribution is 5.02. The number of hydrogen-bond acceptors (Lipinski definition) is 35. The summed E-state index contributed by atoms with van der Waals surface area (Å²) in [7, 11) is 0. The summed E-state index contributed by atoms with van der Waals surface area (Å²) in [6.45, 7) is -5.91. The number of nitrogens with zero attached hydrogens (tertiary/aromatic N) is 2. The molecule has 1 aromatic heterocycles. The van der Waals surface area contributed by atoms with Crippen LogP contribution < -0.4 is 5.73 Å². The van der Waals surface area contributed by atoms with E-state index in [0.29, 0.717) is 0 Å². The molecule has 1 aromatic rings. The third-order valence-corrected chi connectivity index (χ3v) is 15.6. The number of nitrogens with two attached hydrogens (primary N) is 1. The topological polar surface area (TPSA) is 557 Å². The quantitative estimate of drug-likeness (QED) is 0.115. The van der Waals surface area contributed by atoms with E-state index >= 15 is 0 Å². The number of imidazole rings is 1. The minimum Gasteiger partial charge on any atom is -0.394 e. The van der Waals surface area contributed by atoms with Crippen LogP contribution in [-0.2, 0) is 72.9 Å². The molecular weight excluding hydrogens is 1110 g/mol. The summed E-state index contributed by atoms with van der Waals surface area (Å²) >= 11 is 0. The average molecular weight is 1180 g/mol. The number of ether oxygens (including phenoxy) is 14. The molecular formula is C45H73N3O33. The van der Waals surface area contributed by atoms with Crippen LogP contribution in [0.15, 0.2) is 18.7 Å². The second kappa shape index (κ2) is 26.9. The highest BCUT2D eigenvalue weighted by Gasteiger charge is 2.59. The highest BCUT2D eigenvalue weighted by atomic mass is 16.8. The van der Waals surface area contributed by atoms with E-state index in [1.54, 1.807) is 0 Å². The van der Waals surface area contributed by atoms with Gasteiger partial charge >= 0.3 is 0 Å². The Hall–Kier alpha value is -2.15. The van der Waals surface area contributed by atoms with Crippen LogP contribution in [0, 0.1) is 0 Å². The van der Waals surface area contributed by atoms with Crippen LogP contribution in [0.1, 0.15) is 0 Å². The van der Waals surface area contributed by atoms with Gasteiger partial charge in [-0.15, -0.1) is 0 Å². The summed E-state index contributed by atoms with van der Waals surface area (Å²) in [5.41, 5.74) is 6.03. The average Bonchev–Trinajstić information content (AvgIpc) is 4.03. The monoisotopic (exact) mass is 1180 g/mol. The van der Waals surface area contributed by atoms with E-state index in [9.17, 15) is 97.0 Å². The highest BCUT2D eigenvalue weighted by Crippen LogP contribution is 2.39. The maximum absolute atomic E-state index is 11.7. The Morgan fingerprint density at radius 2 is 0.506 bits per heavy atom. The molecule has 0 spiro atoms. The molecule has 22 rings (SSSR count). The van der Waals surface area contributed by atoms with Gasteiger partial charge in [-0.1, -0.05) is 0 Å². The molecule has 0 radical (unpaired) electrons. The normalized spacial score (nSPS) is 53.2. The van der Waals surface area contributed by atoms with E-state index in [1.165, 1.54) is 23.3 Å². The number of aromatic nitrogens is 2. The summed E-state index contributed by atoms with van der Waals surface area (Å²) in [5.74, 6) is 0. The van der Waals surface area contributed by atoms with E-state index in [1.807, 2.05) is 0 Å². The lowest BCUT2D eigenvalue weighted by atomic mass is 9.95. The van der Waals surface area contributed by atoms with E-state index in [-0.39, 0.29) is 6.54 Å². The Bertz CT molecular complexity index is 2080. The molecule has 21 aliphatic rings. The van der Waals surface area contributed by atoms with Crippen molar-refractivity contribution in [3.8, 4) is 0 Å². The number of aliphatic hydroxyl groups is 19. The van der Waals surface area contributed by atoms with E-state index in [0.717, 1.165) is 0 Å². The molecule has 0 aromatic carbocycles. The molecule has 22 heterocycles. The Balaban J connectivity index is 1.01. The van der Waals surface area contributed by atoms with Crippen molar-refractivity contribution in [2.24, 2.45) is 5.73 Å². The van der Waals surface area contributed by atoms with Crippen molar-refractivity contribution < 1.29 is 163 Å². The Labute approximate surface area is 457 Å². The van der Waals surface area contributed by atoms with E-state index < -0.39 is 255 Å². The van der Waals surface area contributed by atoms with Gasteiger partial charge in [0.2, 0.25) is 0 Å². The number of aliphatic hydroxyl groups excluding tert-OH is 19. The van der Waals surface area contributed by atoms with Crippen molar-refractivity contribution in [2.75, 3.05) is 39.6 Å². The van der Waals surface area contributed by atoms with Crippen LogP contribution in [0.3, 0.4) is 0 Å². The first kappa shape index (κ1) is 63.4. The second-order valence-corrected chi connectivity index (χ2v) is 20.8. The summed E-state index contributed by atoms with van der Waals surface area (Å²) in [6.07, 6.45) is -64.0. The fourth-order valence-corrected chi connectivity index (χ4v) is 11.1. The van der Waals surface area contributed by atoms with Gasteiger partial charge in [0.15, 0.2) is 44.0 Å². The molecule has 21 fully saturated rings. The zero-order valence-corrected chi connectivity index (χ0v) is 42.6. The molecule has 466 valence electrons. The van der Waals surface area contributed by atoms with Crippen molar-refractivity contribution in [1.82, 2.24) is 9.55 Å². The van der Waals surface area contributed by atoms with E-state index in [4.69, 9.17) is 72.0 Å². The predicted octanol–water partition coefficient (Wildman–Crippen LogP) is -14.4. The van der Waals surface area contributed by atoms with Crippen molar-refractivity contribution in [3.63, 3.8) is 0 Å². The maximum Gasteiger partial charge on any atom is 0.187 e. The zero-order chi connectivity index (χ0) is 58.5. The van der Waals surface area contributed by atoms with Crippen LogP contribution in [0.4, 0.5) is 0 Å². The van der Waals surface area contributed by atoms with Crippen LogP contribution in [0.5, 0.6) is 0 Å². The van der Waals surface area contributed by atoms with Gasteiger partial charge in [0, 0.05) is 18.9 Å². The minimum atomic E-state index is -2.20. The van der Waals surface area contributed by atoms with Gasteiger partial charge in [0.25, 0.3) is 0 Å². The third-order valence-electron chi connectivity index (χ3n) is 15.6. The summed E-state index contributed by atoms with van der Waals surface area (Å²) in [4.78, 5) is 3.98. The van der Waals surface area contributed by atoms with Crippen molar-refractivity contribution in [1.29, 1.82) is 0 Å². The summed E-state index contributed by atoms with van der Waals surface area (Å²) in [6, 6.07) is 0. The zero-order valence-electron chi connectivity index (χ0n) is 42.6. The second-order valence-electron chi connectivity index (χ2n) is 20.8.